The second-order valence-corrected chi connectivity index (χ2v) is 7.99. The van der Waals surface area contributed by atoms with Crippen molar-refractivity contribution in [2.45, 2.75) is 33.7 Å². The molecule has 29 heavy (non-hydrogen) atoms. The highest BCUT2D eigenvalue weighted by Crippen LogP contribution is 2.22. The van der Waals surface area contributed by atoms with Gasteiger partial charge in [0, 0.05) is 35.7 Å². The van der Waals surface area contributed by atoms with Crippen molar-refractivity contribution in [1.82, 2.24) is 9.47 Å². The molecule has 0 saturated heterocycles. The van der Waals surface area contributed by atoms with Gasteiger partial charge >= 0.3 is 0 Å². The van der Waals surface area contributed by atoms with Crippen molar-refractivity contribution in [3.05, 3.63) is 75.2 Å². The molecule has 5 heteroatoms. The number of likely N-dealkylation sites (N-methyl/N-ethyl adjacent to an activating group) is 1. The Bertz CT molecular complexity index is 1090. The van der Waals surface area contributed by atoms with Gasteiger partial charge in [-0.15, -0.1) is 0 Å². The number of nitrogens with one attached hydrogen (secondary N) is 1. The minimum Gasteiger partial charge on any atom is -0.325 e. The van der Waals surface area contributed by atoms with Gasteiger partial charge in [-0.2, -0.15) is 0 Å². The normalized spacial score (nSPS) is 11.2. The molecule has 0 aliphatic heterocycles. The van der Waals surface area contributed by atoms with Crippen LogP contribution in [0.1, 0.15) is 22.3 Å². The number of nitrogens with zero attached hydrogens (tertiary/aromatic N) is 2. The summed E-state index contributed by atoms with van der Waals surface area (Å²) in [6.45, 7) is 7.56. The van der Waals surface area contributed by atoms with Crippen LogP contribution in [0.4, 0.5) is 5.69 Å². The Labute approximate surface area is 172 Å². The largest absolute Gasteiger partial charge is 0.325 e. The lowest BCUT2D eigenvalue weighted by Crippen LogP contribution is -2.26. The van der Waals surface area contributed by atoms with E-state index in [-0.39, 0.29) is 11.5 Å². The number of aryl methyl sites for hydroxylation is 3. The van der Waals surface area contributed by atoms with Gasteiger partial charge in [0.05, 0.1) is 6.42 Å². The summed E-state index contributed by atoms with van der Waals surface area (Å²) in [6.07, 6.45) is 2.12. The van der Waals surface area contributed by atoms with E-state index in [1.807, 2.05) is 57.1 Å². The van der Waals surface area contributed by atoms with Crippen LogP contribution >= 0.6 is 0 Å². The van der Waals surface area contributed by atoms with Gasteiger partial charge in [0.25, 0.3) is 5.56 Å². The van der Waals surface area contributed by atoms with E-state index in [2.05, 4.69) is 24.4 Å². The lowest BCUT2D eigenvalue weighted by Gasteiger charge is -2.14. The van der Waals surface area contributed by atoms with Gasteiger partial charge in [0.1, 0.15) is 0 Å². The molecule has 1 N–H and O–H groups in total. The summed E-state index contributed by atoms with van der Waals surface area (Å²) in [5.74, 6) is -0.0793. The minimum atomic E-state index is -0.0793. The first-order valence-electron chi connectivity index (χ1n) is 9.89. The zero-order valence-corrected chi connectivity index (χ0v) is 17.9. The number of carbonyl (C=O) groups is 1. The van der Waals surface area contributed by atoms with E-state index >= 15 is 0 Å². The lowest BCUT2D eigenvalue weighted by molar-refractivity contribution is -0.115. The smallest absolute Gasteiger partial charge is 0.258 e. The molecule has 1 amide bonds. The molecule has 0 atom stereocenters. The maximum Gasteiger partial charge on any atom is 0.258 e. The average Bonchev–Trinajstić information content (AvgIpc) is 2.64. The molecule has 2 aromatic carbocycles. The van der Waals surface area contributed by atoms with E-state index in [0.29, 0.717) is 24.0 Å². The van der Waals surface area contributed by atoms with Gasteiger partial charge in [0.15, 0.2) is 0 Å². The van der Waals surface area contributed by atoms with Gasteiger partial charge < -0.3 is 14.8 Å². The molecule has 0 radical (unpaired) electrons. The molecule has 152 valence electrons. The van der Waals surface area contributed by atoms with Gasteiger partial charge in [0.2, 0.25) is 5.91 Å². The van der Waals surface area contributed by atoms with E-state index in [1.54, 1.807) is 10.8 Å². The first-order chi connectivity index (χ1) is 13.8. The number of carbonyl (C=O) groups excluding carboxylic acids is 1. The van der Waals surface area contributed by atoms with Crippen molar-refractivity contribution in [3.8, 4) is 0 Å². The summed E-state index contributed by atoms with van der Waals surface area (Å²) in [5.41, 5.74) is 5.14. The maximum atomic E-state index is 12.8. The zero-order valence-electron chi connectivity index (χ0n) is 17.9. The molecule has 0 unspecified atom stereocenters. The van der Waals surface area contributed by atoms with Crippen LogP contribution in [0.25, 0.3) is 10.8 Å². The second-order valence-electron chi connectivity index (χ2n) is 7.99. The number of anilines is 1. The lowest BCUT2D eigenvalue weighted by atomic mass is 9.97. The van der Waals surface area contributed by atoms with Crippen molar-refractivity contribution in [1.29, 1.82) is 0 Å². The number of aromatic nitrogens is 1. The molecule has 0 bridgehead atoms. The van der Waals surface area contributed by atoms with Crippen molar-refractivity contribution in [3.63, 3.8) is 0 Å². The topological polar surface area (TPSA) is 54.3 Å². The number of benzene rings is 2. The highest BCUT2D eigenvalue weighted by Gasteiger charge is 2.12. The Morgan fingerprint density at radius 2 is 1.72 bits per heavy atom. The standard InChI is InChI=1S/C24H29N3O2/c1-16-13-17(2)21(18(3)14-16)15-23(28)25-22-8-6-7-20-19(22)9-10-27(24(20)29)12-11-26(4)5/h6-10,13-14H,11-12,15H2,1-5H3,(H,25,28). The van der Waals surface area contributed by atoms with Gasteiger partial charge in [-0.3, -0.25) is 9.59 Å². The Kier molecular flexibility index (Phi) is 6.18. The Morgan fingerprint density at radius 1 is 1.03 bits per heavy atom. The minimum absolute atomic E-state index is 0.0364. The molecule has 0 fully saturated rings. The molecule has 1 aromatic heterocycles. The number of rotatable bonds is 6. The fourth-order valence-electron chi connectivity index (χ4n) is 3.75. The number of fused-ring (bicyclic) bond motifs is 1. The molecule has 0 aliphatic rings. The fraction of sp³-hybridized carbons (Fsp3) is 0.333. The number of pyridine rings is 1. The molecule has 3 rings (SSSR count). The van der Waals surface area contributed by atoms with Crippen LogP contribution in [0, 0.1) is 20.8 Å². The highest BCUT2D eigenvalue weighted by atomic mass is 16.1. The summed E-state index contributed by atoms with van der Waals surface area (Å²) in [7, 11) is 3.97. The molecule has 0 saturated carbocycles. The fourth-order valence-corrected chi connectivity index (χ4v) is 3.75. The van der Waals surface area contributed by atoms with Crippen LogP contribution in [0.15, 0.2) is 47.4 Å². The summed E-state index contributed by atoms with van der Waals surface area (Å²) < 4.78 is 1.72. The summed E-state index contributed by atoms with van der Waals surface area (Å²) in [5, 5.41) is 4.39. The van der Waals surface area contributed by atoms with E-state index in [4.69, 9.17) is 0 Å². The third-order valence-corrected chi connectivity index (χ3v) is 5.26. The molecule has 1 heterocycles. The molecule has 3 aromatic rings. The average molecular weight is 392 g/mol. The van der Waals surface area contributed by atoms with Crippen LogP contribution in [0.3, 0.4) is 0 Å². The molecular weight excluding hydrogens is 362 g/mol. The van der Waals surface area contributed by atoms with Gasteiger partial charge in [-0.25, -0.2) is 0 Å². The second kappa shape index (κ2) is 8.62. The van der Waals surface area contributed by atoms with E-state index in [9.17, 15) is 9.59 Å². The van der Waals surface area contributed by atoms with Crippen molar-refractivity contribution < 1.29 is 4.79 Å². The third-order valence-electron chi connectivity index (χ3n) is 5.26. The number of hydrogen-bond acceptors (Lipinski definition) is 3. The summed E-state index contributed by atoms with van der Waals surface area (Å²) in [4.78, 5) is 27.6. The van der Waals surface area contributed by atoms with Crippen LogP contribution < -0.4 is 10.9 Å². The van der Waals surface area contributed by atoms with Crippen LogP contribution in [0.2, 0.25) is 0 Å². The van der Waals surface area contributed by atoms with Crippen molar-refractivity contribution in [2.24, 2.45) is 0 Å². The SMILES string of the molecule is Cc1cc(C)c(CC(=O)Nc2cccc3c(=O)n(CCN(C)C)ccc23)c(C)c1. The third kappa shape index (κ3) is 4.74. The van der Waals surface area contributed by atoms with Crippen LogP contribution in [-0.2, 0) is 17.8 Å². The number of hydrogen-bond donors (Lipinski definition) is 1. The van der Waals surface area contributed by atoms with Crippen molar-refractivity contribution in [2.75, 3.05) is 26.0 Å². The molecule has 0 aliphatic carbocycles. The quantitative estimate of drug-likeness (QED) is 0.698. The summed E-state index contributed by atoms with van der Waals surface area (Å²) in [6, 6.07) is 11.6. The van der Waals surface area contributed by atoms with E-state index < -0.39 is 0 Å². The van der Waals surface area contributed by atoms with E-state index in [1.165, 1.54) is 5.56 Å². The van der Waals surface area contributed by atoms with Crippen molar-refractivity contribution >= 4 is 22.4 Å². The zero-order chi connectivity index (χ0) is 21.1. The molecule has 5 nitrogen and oxygen atoms in total. The highest BCUT2D eigenvalue weighted by molar-refractivity contribution is 6.02. The predicted molar refractivity (Wildman–Crippen MR) is 120 cm³/mol. The Hall–Kier alpha value is -2.92. The predicted octanol–water partition coefficient (Wildman–Crippen LogP) is 3.67. The monoisotopic (exact) mass is 391 g/mol. The first-order valence-corrected chi connectivity index (χ1v) is 9.89. The maximum absolute atomic E-state index is 12.8. The van der Waals surface area contributed by atoms with Gasteiger partial charge in [-0.1, -0.05) is 23.8 Å². The van der Waals surface area contributed by atoms with Crippen LogP contribution in [-0.4, -0.2) is 36.0 Å². The summed E-state index contributed by atoms with van der Waals surface area (Å²) >= 11 is 0. The first kappa shape index (κ1) is 20.8. The van der Waals surface area contributed by atoms with Gasteiger partial charge in [-0.05, 0) is 69.8 Å². The Morgan fingerprint density at radius 3 is 2.38 bits per heavy atom. The molecule has 0 spiro atoms. The Balaban J connectivity index is 1.86. The number of amides is 1. The van der Waals surface area contributed by atoms with Crippen LogP contribution in [0.5, 0.6) is 0 Å². The van der Waals surface area contributed by atoms with E-state index in [0.717, 1.165) is 28.6 Å². The molecular formula is C24H29N3O2.